The molecular weight excluding hydrogens is 444 g/mol. The number of carbonyl (C=O) groups is 1. The zero-order valence-electron chi connectivity index (χ0n) is 18.4. The second-order valence-electron chi connectivity index (χ2n) is 9.17. The maximum Gasteiger partial charge on any atom is 0.203 e. The number of aliphatic hydroxyl groups is 3. The molecule has 0 saturated carbocycles. The van der Waals surface area contributed by atoms with Crippen molar-refractivity contribution in [1.82, 2.24) is 14.8 Å². The Morgan fingerprint density at radius 2 is 2.15 bits per heavy atom. The smallest absolute Gasteiger partial charge is 0.203 e. The van der Waals surface area contributed by atoms with Crippen molar-refractivity contribution < 1.29 is 24.9 Å². The normalized spacial score (nSPS) is 20.2. The third-order valence-corrected chi connectivity index (χ3v) is 7.28. The number of hydrogen-bond acceptors (Lipinski definition) is 9. The van der Waals surface area contributed by atoms with Gasteiger partial charge in [-0.3, -0.25) is 9.48 Å². The first kappa shape index (κ1) is 22.0. The molecule has 2 unspecified atom stereocenters. The van der Waals surface area contributed by atoms with Gasteiger partial charge in [-0.15, -0.1) is 0 Å². The van der Waals surface area contributed by atoms with Crippen LogP contribution < -0.4 is 9.64 Å². The maximum atomic E-state index is 12.7. The zero-order chi connectivity index (χ0) is 23.3. The molecule has 1 aliphatic carbocycles. The molecule has 0 saturated heterocycles. The highest BCUT2D eigenvalue weighted by molar-refractivity contribution is 7.17. The average Bonchev–Trinajstić information content (AvgIpc) is 3.43. The summed E-state index contributed by atoms with van der Waals surface area (Å²) in [5.74, 6) is 0.470. The Kier molecular flexibility index (Phi) is 5.48. The molecule has 3 heterocycles. The van der Waals surface area contributed by atoms with Gasteiger partial charge in [0.15, 0.2) is 5.13 Å². The minimum absolute atomic E-state index is 0.206. The molecule has 2 atom stereocenters. The summed E-state index contributed by atoms with van der Waals surface area (Å²) in [6.07, 6.45) is 2.18. The largest absolute Gasteiger partial charge is 0.490 e. The van der Waals surface area contributed by atoms with Crippen molar-refractivity contribution in [3.05, 3.63) is 41.2 Å². The van der Waals surface area contributed by atoms with E-state index in [4.69, 9.17) is 14.8 Å². The zero-order valence-corrected chi connectivity index (χ0v) is 19.2. The number of ether oxygens (including phenoxy) is 1. The van der Waals surface area contributed by atoms with Crippen LogP contribution in [0.3, 0.4) is 0 Å². The Labute approximate surface area is 194 Å². The van der Waals surface area contributed by atoms with E-state index >= 15 is 0 Å². The molecule has 2 aromatic heterocycles. The summed E-state index contributed by atoms with van der Waals surface area (Å²) in [5, 5.41) is 34.1. The monoisotopic (exact) mass is 470 g/mol. The minimum Gasteiger partial charge on any atom is -0.490 e. The lowest BCUT2D eigenvalue weighted by Gasteiger charge is -2.32. The van der Waals surface area contributed by atoms with Crippen molar-refractivity contribution in [3.8, 4) is 16.9 Å². The molecule has 0 spiro atoms. The van der Waals surface area contributed by atoms with E-state index in [9.17, 15) is 15.0 Å². The molecule has 0 amide bonds. The van der Waals surface area contributed by atoms with Crippen molar-refractivity contribution in [2.24, 2.45) is 5.41 Å². The van der Waals surface area contributed by atoms with Gasteiger partial charge in [0.25, 0.3) is 0 Å². The number of rotatable bonds is 5. The van der Waals surface area contributed by atoms with E-state index < -0.39 is 17.6 Å². The molecule has 3 aromatic rings. The Balaban J connectivity index is 1.48. The van der Waals surface area contributed by atoms with Crippen molar-refractivity contribution in [3.63, 3.8) is 0 Å². The Hall–Kier alpha value is -2.79. The molecule has 5 rings (SSSR count). The quantitative estimate of drug-likeness (QED) is 0.518. The van der Waals surface area contributed by atoms with E-state index in [1.807, 2.05) is 38.2 Å². The van der Waals surface area contributed by atoms with Gasteiger partial charge in [-0.2, -0.15) is 5.10 Å². The van der Waals surface area contributed by atoms with E-state index in [2.05, 4.69) is 10.00 Å². The first-order valence-corrected chi connectivity index (χ1v) is 11.7. The molecule has 3 N–H and O–H groups in total. The maximum absolute atomic E-state index is 12.7. The molecule has 0 radical (unpaired) electrons. The SMILES string of the molecule is CC1(C)Cc2nc(N3CCOc4ccc(-c5cnn(CC(O)CO)c5)cc43)sc2C(=O)C1O. The van der Waals surface area contributed by atoms with Crippen molar-refractivity contribution in [2.45, 2.75) is 39.0 Å². The topological polar surface area (TPSA) is 121 Å². The van der Waals surface area contributed by atoms with Crippen LogP contribution in [0.2, 0.25) is 0 Å². The number of fused-ring (bicyclic) bond motifs is 2. The summed E-state index contributed by atoms with van der Waals surface area (Å²) in [6, 6.07) is 5.85. The van der Waals surface area contributed by atoms with Crippen LogP contribution in [0.15, 0.2) is 30.6 Å². The second kappa shape index (κ2) is 8.21. The summed E-state index contributed by atoms with van der Waals surface area (Å²) >= 11 is 1.31. The van der Waals surface area contributed by atoms with Crippen LogP contribution in [0.25, 0.3) is 11.1 Å². The molecule has 33 heavy (non-hydrogen) atoms. The first-order valence-electron chi connectivity index (χ1n) is 10.8. The lowest BCUT2D eigenvalue weighted by Crippen LogP contribution is -2.42. The highest BCUT2D eigenvalue weighted by Gasteiger charge is 2.43. The van der Waals surface area contributed by atoms with Crippen LogP contribution in [0, 0.1) is 5.41 Å². The lowest BCUT2D eigenvalue weighted by atomic mass is 9.75. The predicted octanol–water partition coefficient (Wildman–Crippen LogP) is 2.02. The average molecular weight is 471 g/mol. The van der Waals surface area contributed by atoms with E-state index in [-0.39, 0.29) is 18.9 Å². The summed E-state index contributed by atoms with van der Waals surface area (Å²) < 4.78 is 7.45. The fourth-order valence-electron chi connectivity index (χ4n) is 4.26. The Morgan fingerprint density at radius 3 is 2.94 bits per heavy atom. The fourth-order valence-corrected chi connectivity index (χ4v) is 5.34. The van der Waals surface area contributed by atoms with Crippen LogP contribution in [0.1, 0.15) is 29.2 Å². The van der Waals surface area contributed by atoms with Gasteiger partial charge in [-0.1, -0.05) is 31.3 Å². The number of thiazole rings is 1. The molecule has 2 aliphatic rings. The summed E-state index contributed by atoms with van der Waals surface area (Å²) in [4.78, 5) is 20.1. The highest BCUT2D eigenvalue weighted by atomic mass is 32.1. The van der Waals surface area contributed by atoms with Gasteiger partial charge < -0.3 is 25.0 Å². The van der Waals surface area contributed by atoms with Crippen molar-refractivity contribution in [1.29, 1.82) is 0 Å². The van der Waals surface area contributed by atoms with E-state index in [1.165, 1.54) is 11.3 Å². The molecule has 9 nitrogen and oxygen atoms in total. The Bertz CT molecular complexity index is 1200. The lowest BCUT2D eigenvalue weighted by molar-refractivity contribution is 0.0340. The van der Waals surface area contributed by atoms with Gasteiger partial charge in [0.05, 0.1) is 48.3 Å². The van der Waals surface area contributed by atoms with E-state index in [0.717, 1.165) is 28.3 Å². The molecule has 174 valence electrons. The summed E-state index contributed by atoms with van der Waals surface area (Å²) in [5.41, 5.74) is 2.83. The van der Waals surface area contributed by atoms with E-state index in [1.54, 1.807) is 10.9 Å². The van der Waals surface area contributed by atoms with Crippen LogP contribution in [-0.4, -0.2) is 67.8 Å². The number of anilines is 2. The van der Waals surface area contributed by atoms with Crippen LogP contribution >= 0.6 is 11.3 Å². The second-order valence-corrected chi connectivity index (χ2v) is 10.2. The summed E-state index contributed by atoms with van der Waals surface area (Å²) in [6.45, 7) is 4.73. The standard InChI is InChI=1S/C23H26N4O5S/c1-23(2)8-16-20(19(30)21(23)31)33-22(25-16)27-5-6-32-18-4-3-13(7-17(18)27)14-9-24-26(10-14)11-15(29)12-28/h3-4,7,9-10,15,21,28-29,31H,5-6,8,11-12H2,1-2H3. The number of ketones is 1. The summed E-state index contributed by atoms with van der Waals surface area (Å²) in [7, 11) is 0. The van der Waals surface area contributed by atoms with Gasteiger partial charge in [-0.25, -0.2) is 4.98 Å². The van der Waals surface area contributed by atoms with E-state index in [0.29, 0.717) is 29.6 Å². The third-order valence-electron chi connectivity index (χ3n) is 6.15. The number of nitrogens with zero attached hydrogens (tertiary/aromatic N) is 4. The van der Waals surface area contributed by atoms with Crippen molar-refractivity contribution in [2.75, 3.05) is 24.7 Å². The van der Waals surface area contributed by atoms with Crippen LogP contribution in [0.5, 0.6) is 5.75 Å². The number of benzene rings is 1. The highest BCUT2D eigenvalue weighted by Crippen LogP contribution is 2.44. The molecule has 0 bridgehead atoms. The van der Waals surface area contributed by atoms with Gasteiger partial charge in [0.2, 0.25) is 5.78 Å². The van der Waals surface area contributed by atoms with Crippen molar-refractivity contribution >= 4 is 27.9 Å². The van der Waals surface area contributed by atoms with Crippen LogP contribution in [0.4, 0.5) is 10.8 Å². The number of aliphatic hydroxyl groups excluding tert-OH is 3. The third kappa shape index (κ3) is 3.93. The predicted molar refractivity (Wildman–Crippen MR) is 123 cm³/mol. The molecule has 0 fully saturated rings. The number of carbonyl (C=O) groups excluding carboxylic acids is 1. The molecular formula is C23H26N4O5S. The number of Topliss-reactive ketones (excluding diaryl/α,β-unsaturated/α-hetero) is 1. The van der Waals surface area contributed by atoms with Gasteiger partial charge >= 0.3 is 0 Å². The number of hydrogen-bond donors (Lipinski definition) is 3. The fraction of sp³-hybridized carbons (Fsp3) is 0.435. The molecule has 1 aliphatic heterocycles. The number of aromatic nitrogens is 3. The van der Waals surface area contributed by atoms with Gasteiger partial charge in [0, 0.05) is 17.2 Å². The Morgan fingerprint density at radius 1 is 1.33 bits per heavy atom. The van der Waals surface area contributed by atoms with Gasteiger partial charge in [0.1, 0.15) is 18.5 Å². The molecule has 1 aromatic carbocycles. The van der Waals surface area contributed by atoms with Crippen LogP contribution in [-0.2, 0) is 13.0 Å². The minimum atomic E-state index is -1.03. The first-order chi connectivity index (χ1) is 15.8. The molecule has 10 heteroatoms. The van der Waals surface area contributed by atoms with Gasteiger partial charge in [-0.05, 0) is 24.1 Å².